The fourth-order valence-electron chi connectivity index (χ4n) is 3.51. The first-order valence-electron chi connectivity index (χ1n) is 8.69. The molecule has 4 rings (SSSR count). The number of rotatable bonds is 5. The Kier molecular flexibility index (Phi) is 4.34. The van der Waals surface area contributed by atoms with Crippen LogP contribution < -0.4 is 9.47 Å². The number of methoxy groups -OCH3 is 2. The number of fused-ring (bicyclic) bond motifs is 1. The highest BCUT2D eigenvalue weighted by Crippen LogP contribution is 2.38. The summed E-state index contributed by atoms with van der Waals surface area (Å²) in [5.41, 5.74) is 4.83. The molecule has 3 aromatic rings. The molecular weight excluding hydrogens is 362 g/mol. The summed E-state index contributed by atoms with van der Waals surface area (Å²) in [6, 6.07) is 5.75. The summed E-state index contributed by atoms with van der Waals surface area (Å²) in [7, 11) is 4.91. The summed E-state index contributed by atoms with van der Waals surface area (Å²) in [5, 5.41) is 22.7. The highest BCUT2D eigenvalue weighted by Gasteiger charge is 2.28. The molecule has 1 aliphatic carbocycles. The molecule has 9 nitrogen and oxygen atoms in total. The highest BCUT2D eigenvalue weighted by atomic mass is 16.6. The van der Waals surface area contributed by atoms with Gasteiger partial charge in [0.05, 0.1) is 24.8 Å². The number of aryl methyl sites for hydroxylation is 1. The van der Waals surface area contributed by atoms with Gasteiger partial charge in [-0.25, -0.2) is 0 Å². The smallest absolute Gasteiger partial charge is 0.316 e. The number of nitrogens with zero attached hydrogens (tertiary/aromatic N) is 4. The van der Waals surface area contributed by atoms with Crippen LogP contribution in [0.3, 0.4) is 0 Å². The van der Waals surface area contributed by atoms with Gasteiger partial charge in [0.25, 0.3) is 0 Å². The molecule has 0 fully saturated rings. The first kappa shape index (κ1) is 17.8. The van der Waals surface area contributed by atoms with Crippen molar-refractivity contribution in [2.24, 2.45) is 7.05 Å². The molecule has 9 heteroatoms. The molecule has 0 amide bonds. The van der Waals surface area contributed by atoms with Crippen LogP contribution in [0.2, 0.25) is 0 Å². The lowest BCUT2D eigenvalue weighted by Crippen LogP contribution is -2.02. The Hall–Kier alpha value is -3.62. The van der Waals surface area contributed by atoms with Gasteiger partial charge in [-0.2, -0.15) is 10.2 Å². The van der Waals surface area contributed by atoms with E-state index in [0.717, 1.165) is 40.3 Å². The Morgan fingerprint density at radius 2 is 1.89 bits per heavy atom. The summed E-state index contributed by atoms with van der Waals surface area (Å²) >= 11 is 0. The maximum Gasteiger partial charge on any atom is 0.316 e. The van der Waals surface area contributed by atoms with Gasteiger partial charge in [0.15, 0.2) is 5.69 Å². The Morgan fingerprint density at radius 3 is 2.54 bits per heavy atom. The largest absolute Gasteiger partial charge is 0.497 e. The zero-order chi connectivity index (χ0) is 19.8. The predicted octanol–water partition coefficient (Wildman–Crippen LogP) is 3.22. The van der Waals surface area contributed by atoms with E-state index in [-0.39, 0.29) is 5.69 Å². The lowest BCUT2D eigenvalue weighted by Gasteiger charge is -2.16. The topological polar surface area (TPSA) is 108 Å². The Balaban J connectivity index is 1.77. The maximum atomic E-state index is 11.3. The molecule has 0 unspecified atom stereocenters. The van der Waals surface area contributed by atoms with Crippen LogP contribution in [-0.4, -0.2) is 39.1 Å². The van der Waals surface area contributed by atoms with Crippen molar-refractivity contribution in [2.45, 2.75) is 12.8 Å². The second-order valence-electron chi connectivity index (χ2n) is 6.49. The van der Waals surface area contributed by atoms with E-state index in [4.69, 9.17) is 9.47 Å². The SMILES string of the molecule is COc1cc(OC)cc(C2=Cc3[nH]nc(-c4c([N+](=O)[O-])cnn4C)c3CC2)c1. The third-order valence-electron chi connectivity index (χ3n) is 4.92. The number of aromatic amines is 1. The van der Waals surface area contributed by atoms with Gasteiger partial charge in [-0.3, -0.25) is 19.9 Å². The minimum absolute atomic E-state index is 0.0518. The first-order chi connectivity index (χ1) is 13.5. The number of hydrogen-bond acceptors (Lipinski definition) is 6. The normalized spacial score (nSPS) is 13.0. The van der Waals surface area contributed by atoms with E-state index < -0.39 is 4.92 Å². The Bertz CT molecular complexity index is 1070. The van der Waals surface area contributed by atoms with Crippen molar-refractivity contribution in [2.75, 3.05) is 14.2 Å². The fraction of sp³-hybridized carbons (Fsp3) is 0.263. The van der Waals surface area contributed by atoms with E-state index in [1.54, 1.807) is 21.3 Å². The summed E-state index contributed by atoms with van der Waals surface area (Å²) < 4.78 is 12.2. The summed E-state index contributed by atoms with van der Waals surface area (Å²) in [5.74, 6) is 1.44. The molecule has 144 valence electrons. The molecule has 2 heterocycles. The van der Waals surface area contributed by atoms with Crippen LogP contribution in [0.15, 0.2) is 24.4 Å². The maximum absolute atomic E-state index is 11.3. The molecule has 0 atom stereocenters. The van der Waals surface area contributed by atoms with Gasteiger partial charge >= 0.3 is 5.69 Å². The van der Waals surface area contributed by atoms with E-state index in [1.807, 2.05) is 24.3 Å². The Morgan fingerprint density at radius 1 is 1.18 bits per heavy atom. The van der Waals surface area contributed by atoms with Crippen molar-refractivity contribution in [1.82, 2.24) is 20.0 Å². The Labute approximate surface area is 160 Å². The molecule has 2 aromatic heterocycles. The highest BCUT2D eigenvalue weighted by molar-refractivity contribution is 5.86. The molecule has 0 radical (unpaired) electrons. The number of benzene rings is 1. The van der Waals surface area contributed by atoms with E-state index in [2.05, 4.69) is 15.3 Å². The van der Waals surface area contributed by atoms with Gasteiger partial charge in [0, 0.05) is 18.7 Å². The lowest BCUT2D eigenvalue weighted by molar-refractivity contribution is -0.384. The van der Waals surface area contributed by atoms with Gasteiger partial charge in [-0.1, -0.05) is 0 Å². The number of aromatic nitrogens is 4. The van der Waals surface area contributed by atoms with Crippen molar-refractivity contribution in [1.29, 1.82) is 0 Å². The fourth-order valence-corrected chi connectivity index (χ4v) is 3.51. The average molecular weight is 381 g/mol. The monoisotopic (exact) mass is 381 g/mol. The van der Waals surface area contributed by atoms with E-state index in [9.17, 15) is 10.1 Å². The van der Waals surface area contributed by atoms with Crippen LogP contribution in [0.5, 0.6) is 11.5 Å². The van der Waals surface area contributed by atoms with Crippen molar-refractivity contribution >= 4 is 17.3 Å². The standard InChI is InChI=1S/C19H19N5O4/c1-23-19(17(10-20-23)24(25)26)18-15-5-4-11(8-16(15)21-22-18)12-6-13(27-2)9-14(7-12)28-3/h6-10H,4-5H2,1-3H3,(H,21,22). The van der Waals surface area contributed by atoms with E-state index >= 15 is 0 Å². The summed E-state index contributed by atoms with van der Waals surface area (Å²) in [6.45, 7) is 0. The number of ether oxygens (including phenoxy) is 2. The van der Waals surface area contributed by atoms with Gasteiger partial charge in [0.1, 0.15) is 23.4 Å². The molecule has 1 N–H and O–H groups in total. The first-order valence-corrected chi connectivity index (χ1v) is 8.69. The second-order valence-corrected chi connectivity index (χ2v) is 6.49. The minimum Gasteiger partial charge on any atom is -0.497 e. The van der Waals surface area contributed by atoms with Crippen molar-refractivity contribution < 1.29 is 14.4 Å². The molecule has 28 heavy (non-hydrogen) atoms. The van der Waals surface area contributed by atoms with E-state index in [0.29, 0.717) is 17.8 Å². The summed E-state index contributed by atoms with van der Waals surface area (Å²) in [6.07, 6.45) is 4.74. The van der Waals surface area contributed by atoms with Crippen LogP contribution in [-0.2, 0) is 13.5 Å². The van der Waals surface area contributed by atoms with Crippen LogP contribution >= 0.6 is 0 Å². The second kappa shape index (κ2) is 6.84. The van der Waals surface area contributed by atoms with Gasteiger partial charge in [-0.05, 0) is 42.2 Å². The quantitative estimate of drug-likeness (QED) is 0.537. The molecule has 0 aliphatic heterocycles. The number of H-pyrrole nitrogens is 1. The molecule has 1 aliphatic rings. The van der Waals surface area contributed by atoms with Crippen LogP contribution in [0.1, 0.15) is 23.2 Å². The van der Waals surface area contributed by atoms with E-state index in [1.165, 1.54) is 10.9 Å². The van der Waals surface area contributed by atoms with Gasteiger partial charge in [0.2, 0.25) is 0 Å². The van der Waals surface area contributed by atoms with Crippen molar-refractivity contribution in [3.63, 3.8) is 0 Å². The van der Waals surface area contributed by atoms with Crippen LogP contribution in [0.25, 0.3) is 23.0 Å². The third-order valence-corrected chi connectivity index (χ3v) is 4.92. The molecule has 0 spiro atoms. The molecule has 0 saturated carbocycles. The number of allylic oxidation sites excluding steroid dienone is 1. The predicted molar refractivity (Wildman–Crippen MR) is 103 cm³/mol. The number of nitrogens with one attached hydrogen (secondary N) is 1. The average Bonchev–Trinajstić information content (AvgIpc) is 3.29. The number of hydrogen-bond donors (Lipinski definition) is 1. The molecular formula is C19H19N5O4. The molecule has 0 saturated heterocycles. The third kappa shape index (κ3) is 2.90. The summed E-state index contributed by atoms with van der Waals surface area (Å²) in [4.78, 5) is 10.9. The van der Waals surface area contributed by atoms with Crippen LogP contribution in [0, 0.1) is 10.1 Å². The van der Waals surface area contributed by atoms with Gasteiger partial charge < -0.3 is 9.47 Å². The van der Waals surface area contributed by atoms with Gasteiger partial charge in [-0.15, -0.1) is 0 Å². The zero-order valence-corrected chi connectivity index (χ0v) is 15.7. The molecule has 0 bridgehead atoms. The van der Waals surface area contributed by atoms with Crippen molar-refractivity contribution in [3.8, 4) is 22.9 Å². The number of nitro groups is 1. The van der Waals surface area contributed by atoms with Crippen LogP contribution in [0.4, 0.5) is 5.69 Å². The minimum atomic E-state index is -0.434. The van der Waals surface area contributed by atoms with Crippen molar-refractivity contribution in [3.05, 3.63) is 51.3 Å². The lowest BCUT2D eigenvalue weighted by atomic mass is 9.90. The zero-order valence-electron chi connectivity index (χ0n) is 15.7. The molecule has 1 aromatic carbocycles.